The third-order valence-corrected chi connectivity index (χ3v) is 4.42. The van der Waals surface area contributed by atoms with Crippen molar-refractivity contribution in [2.75, 3.05) is 12.4 Å². The standard InChI is InChI=1S/C9H9N3O3S2/c1-2-15-8(13)5-17(14)9-12-6-3-10-11-4-7(6)16-9/h3-4H,2,5H2,1H3. The highest BCUT2D eigenvalue weighted by Gasteiger charge is 2.15. The van der Waals surface area contributed by atoms with Crippen LogP contribution in [0.25, 0.3) is 10.2 Å². The highest BCUT2D eigenvalue weighted by Crippen LogP contribution is 2.22. The van der Waals surface area contributed by atoms with Gasteiger partial charge in [-0.3, -0.25) is 9.00 Å². The summed E-state index contributed by atoms with van der Waals surface area (Å²) in [4.78, 5) is 15.3. The van der Waals surface area contributed by atoms with E-state index in [0.717, 1.165) is 4.70 Å². The number of carbonyl (C=O) groups is 1. The van der Waals surface area contributed by atoms with E-state index >= 15 is 0 Å². The summed E-state index contributed by atoms with van der Waals surface area (Å²) in [6, 6.07) is 0. The summed E-state index contributed by atoms with van der Waals surface area (Å²) < 4.78 is 17.7. The molecule has 0 aliphatic rings. The lowest BCUT2D eigenvalue weighted by atomic mass is 10.5. The van der Waals surface area contributed by atoms with Crippen LogP contribution in [0.5, 0.6) is 0 Å². The minimum Gasteiger partial charge on any atom is -0.465 e. The van der Waals surface area contributed by atoms with Gasteiger partial charge in [-0.1, -0.05) is 0 Å². The van der Waals surface area contributed by atoms with Crippen LogP contribution < -0.4 is 0 Å². The number of nitrogens with zero attached hydrogens (tertiary/aromatic N) is 3. The summed E-state index contributed by atoms with van der Waals surface area (Å²) >= 11 is 1.24. The minimum absolute atomic E-state index is 0.172. The number of hydrogen-bond donors (Lipinski definition) is 0. The van der Waals surface area contributed by atoms with Crippen LogP contribution in [-0.4, -0.2) is 37.7 Å². The molecule has 2 aromatic heterocycles. The first kappa shape index (κ1) is 12.1. The van der Waals surface area contributed by atoms with E-state index in [9.17, 15) is 9.00 Å². The molecule has 0 saturated carbocycles. The maximum absolute atomic E-state index is 11.8. The van der Waals surface area contributed by atoms with Crippen molar-refractivity contribution in [2.45, 2.75) is 11.3 Å². The molecule has 0 aliphatic heterocycles. The Balaban J connectivity index is 2.16. The minimum atomic E-state index is -1.47. The van der Waals surface area contributed by atoms with E-state index < -0.39 is 16.8 Å². The van der Waals surface area contributed by atoms with Gasteiger partial charge in [-0.05, 0) is 6.92 Å². The lowest BCUT2D eigenvalue weighted by Crippen LogP contribution is -2.13. The maximum atomic E-state index is 11.8. The van der Waals surface area contributed by atoms with Crippen LogP contribution in [0.4, 0.5) is 0 Å². The molecule has 0 aromatic carbocycles. The zero-order chi connectivity index (χ0) is 12.3. The number of hydrogen-bond acceptors (Lipinski definition) is 7. The molecule has 8 heteroatoms. The second-order valence-electron chi connectivity index (χ2n) is 3.01. The SMILES string of the molecule is CCOC(=O)CS(=O)c1nc2cnncc2s1. The fourth-order valence-electron chi connectivity index (χ4n) is 1.15. The number of aromatic nitrogens is 3. The van der Waals surface area contributed by atoms with Crippen LogP contribution in [-0.2, 0) is 20.3 Å². The topological polar surface area (TPSA) is 82.0 Å². The van der Waals surface area contributed by atoms with Gasteiger partial charge < -0.3 is 4.74 Å². The predicted molar refractivity (Wildman–Crippen MR) is 63.1 cm³/mol. The number of carbonyl (C=O) groups excluding carboxylic acids is 1. The van der Waals surface area contributed by atoms with E-state index in [1.54, 1.807) is 13.1 Å². The molecule has 90 valence electrons. The summed E-state index contributed by atoms with van der Waals surface area (Å²) in [5, 5.41) is 7.39. The van der Waals surface area contributed by atoms with Gasteiger partial charge in [0.1, 0.15) is 11.3 Å². The van der Waals surface area contributed by atoms with E-state index in [1.807, 2.05) is 0 Å². The summed E-state index contributed by atoms with van der Waals surface area (Å²) in [5.74, 6) is -0.657. The molecule has 0 radical (unpaired) electrons. The van der Waals surface area contributed by atoms with Gasteiger partial charge in [0.2, 0.25) is 0 Å². The predicted octanol–water partition coefficient (Wildman–Crippen LogP) is 0.757. The summed E-state index contributed by atoms with van der Waals surface area (Å²) in [6.07, 6.45) is 3.05. The molecule has 0 amide bonds. The Morgan fingerprint density at radius 2 is 2.24 bits per heavy atom. The Morgan fingerprint density at radius 1 is 1.47 bits per heavy atom. The number of fused-ring (bicyclic) bond motifs is 1. The Labute approximate surface area is 103 Å². The van der Waals surface area contributed by atoms with E-state index in [2.05, 4.69) is 15.2 Å². The van der Waals surface area contributed by atoms with Crippen molar-refractivity contribution in [3.8, 4) is 0 Å². The molecule has 2 aromatic rings. The Morgan fingerprint density at radius 3 is 2.94 bits per heavy atom. The van der Waals surface area contributed by atoms with Crippen LogP contribution in [0.15, 0.2) is 16.7 Å². The highest BCUT2D eigenvalue weighted by atomic mass is 32.2. The third-order valence-electron chi connectivity index (χ3n) is 1.83. The summed E-state index contributed by atoms with van der Waals surface area (Å²) in [5.41, 5.74) is 0.636. The summed E-state index contributed by atoms with van der Waals surface area (Å²) in [6.45, 7) is 1.99. The molecule has 2 rings (SSSR count). The average molecular weight is 271 g/mol. The Bertz CT molecular complexity index is 536. The normalized spacial score (nSPS) is 12.5. The van der Waals surface area contributed by atoms with Gasteiger partial charge in [0.05, 0.1) is 34.5 Å². The largest absolute Gasteiger partial charge is 0.465 e. The molecule has 0 saturated heterocycles. The van der Waals surface area contributed by atoms with E-state index in [4.69, 9.17) is 4.74 Å². The van der Waals surface area contributed by atoms with Gasteiger partial charge in [0.15, 0.2) is 4.34 Å². The van der Waals surface area contributed by atoms with E-state index in [0.29, 0.717) is 9.86 Å². The monoisotopic (exact) mass is 271 g/mol. The van der Waals surface area contributed by atoms with Crippen molar-refractivity contribution in [3.63, 3.8) is 0 Å². The molecule has 0 bridgehead atoms. The maximum Gasteiger partial charge on any atom is 0.319 e. The molecule has 0 spiro atoms. The summed E-state index contributed by atoms with van der Waals surface area (Å²) in [7, 11) is -1.47. The molecule has 17 heavy (non-hydrogen) atoms. The second-order valence-corrected chi connectivity index (χ2v) is 5.67. The Hall–Kier alpha value is -1.41. The van der Waals surface area contributed by atoms with Crippen molar-refractivity contribution < 1.29 is 13.7 Å². The molecular weight excluding hydrogens is 262 g/mol. The zero-order valence-corrected chi connectivity index (χ0v) is 10.6. The van der Waals surface area contributed by atoms with Crippen molar-refractivity contribution >= 4 is 38.3 Å². The van der Waals surface area contributed by atoms with Gasteiger partial charge in [-0.2, -0.15) is 10.2 Å². The van der Waals surface area contributed by atoms with Crippen LogP contribution in [0.1, 0.15) is 6.92 Å². The second kappa shape index (κ2) is 5.28. The van der Waals surface area contributed by atoms with Crippen molar-refractivity contribution in [1.82, 2.24) is 15.2 Å². The quantitative estimate of drug-likeness (QED) is 0.763. The molecule has 0 N–H and O–H groups in total. The van der Waals surface area contributed by atoms with Crippen LogP contribution >= 0.6 is 11.3 Å². The van der Waals surface area contributed by atoms with Gasteiger partial charge in [0, 0.05) is 0 Å². The van der Waals surface area contributed by atoms with Gasteiger partial charge >= 0.3 is 5.97 Å². The van der Waals surface area contributed by atoms with Gasteiger partial charge in [-0.25, -0.2) is 4.98 Å². The molecule has 0 fully saturated rings. The van der Waals surface area contributed by atoms with E-state index in [-0.39, 0.29) is 12.4 Å². The molecule has 1 unspecified atom stereocenters. The number of thiazole rings is 1. The van der Waals surface area contributed by atoms with Crippen molar-refractivity contribution in [1.29, 1.82) is 0 Å². The van der Waals surface area contributed by atoms with E-state index in [1.165, 1.54) is 17.5 Å². The van der Waals surface area contributed by atoms with Crippen LogP contribution in [0, 0.1) is 0 Å². The third kappa shape index (κ3) is 2.83. The zero-order valence-electron chi connectivity index (χ0n) is 8.95. The lowest BCUT2D eigenvalue weighted by molar-refractivity contribution is -0.139. The van der Waals surface area contributed by atoms with Gasteiger partial charge in [-0.15, -0.1) is 11.3 Å². The molecular formula is C9H9N3O3S2. The molecule has 1 atom stereocenters. The first-order valence-electron chi connectivity index (χ1n) is 4.82. The molecule has 0 aliphatic carbocycles. The fraction of sp³-hybridized carbons (Fsp3) is 0.333. The number of esters is 1. The number of ether oxygens (including phenoxy) is 1. The smallest absolute Gasteiger partial charge is 0.319 e. The van der Waals surface area contributed by atoms with Gasteiger partial charge in [0.25, 0.3) is 0 Å². The first-order chi connectivity index (χ1) is 8.20. The average Bonchev–Trinajstić information content (AvgIpc) is 2.72. The van der Waals surface area contributed by atoms with Crippen LogP contribution in [0.3, 0.4) is 0 Å². The fourth-order valence-corrected chi connectivity index (χ4v) is 3.22. The molecule has 2 heterocycles. The molecule has 6 nitrogen and oxygen atoms in total. The highest BCUT2D eigenvalue weighted by molar-refractivity contribution is 7.88. The first-order valence-corrected chi connectivity index (χ1v) is 6.95. The van der Waals surface area contributed by atoms with Crippen molar-refractivity contribution in [2.24, 2.45) is 0 Å². The Kier molecular flexibility index (Phi) is 3.75. The number of rotatable bonds is 4. The lowest BCUT2D eigenvalue weighted by Gasteiger charge is -1.98. The van der Waals surface area contributed by atoms with Crippen molar-refractivity contribution in [3.05, 3.63) is 12.4 Å². The van der Waals surface area contributed by atoms with Crippen LogP contribution in [0.2, 0.25) is 0 Å².